The number of amides is 1. The molecule has 1 N–H and O–H groups in total. The van der Waals surface area contributed by atoms with Gasteiger partial charge >= 0.3 is 0 Å². The summed E-state index contributed by atoms with van der Waals surface area (Å²) in [6.07, 6.45) is 2.19. The van der Waals surface area contributed by atoms with Crippen molar-refractivity contribution in [2.24, 2.45) is 0 Å². The summed E-state index contributed by atoms with van der Waals surface area (Å²) in [5.41, 5.74) is 0.725. The molecule has 0 aliphatic carbocycles. The lowest BCUT2D eigenvalue weighted by molar-refractivity contribution is -0.131. The smallest absolute Gasteiger partial charge is 0.228 e. The van der Waals surface area contributed by atoms with Crippen LogP contribution in [-0.2, 0) is 11.2 Å². The highest BCUT2D eigenvalue weighted by Crippen LogP contribution is 2.24. The summed E-state index contributed by atoms with van der Waals surface area (Å²) in [5, 5.41) is 14.1. The van der Waals surface area contributed by atoms with Crippen molar-refractivity contribution in [1.82, 2.24) is 30.5 Å². The van der Waals surface area contributed by atoms with Crippen LogP contribution in [0.2, 0.25) is 0 Å². The zero-order valence-electron chi connectivity index (χ0n) is 13.1. The zero-order valence-corrected chi connectivity index (χ0v) is 13.1. The van der Waals surface area contributed by atoms with Gasteiger partial charge in [-0.1, -0.05) is 11.3 Å². The lowest BCUT2D eigenvalue weighted by atomic mass is 9.97. The highest BCUT2D eigenvalue weighted by molar-refractivity contribution is 5.78. The third-order valence-corrected chi connectivity index (χ3v) is 3.91. The molecule has 0 bridgehead atoms. The van der Waals surface area contributed by atoms with Crippen molar-refractivity contribution in [3.05, 3.63) is 29.7 Å². The van der Waals surface area contributed by atoms with Gasteiger partial charge in [0.1, 0.15) is 0 Å². The number of aromatic amines is 1. The third kappa shape index (κ3) is 3.82. The van der Waals surface area contributed by atoms with Gasteiger partial charge in [0.05, 0.1) is 18.7 Å². The van der Waals surface area contributed by atoms with Gasteiger partial charge in [-0.05, 0) is 25.8 Å². The number of H-pyrrole nitrogens is 1. The van der Waals surface area contributed by atoms with Gasteiger partial charge in [0.2, 0.25) is 11.8 Å². The van der Waals surface area contributed by atoms with E-state index in [2.05, 4.69) is 25.6 Å². The lowest BCUT2D eigenvalue weighted by Gasteiger charge is -2.31. The number of carbonyl (C=O) groups is 1. The van der Waals surface area contributed by atoms with Gasteiger partial charge in [0.25, 0.3) is 0 Å². The minimum Gasteiger partial charge on any atom is -0.478 e. The average Bonchev–Trinajstić information content (AvgIpc) is 3.10. The highest BCUT2D eigenvalue weighted by atomic mass is 16.5. The predicted molar refractivity (Wildman–Crippen MR) is 81.8 cm³/mol. The van der Waals surface area contributed by atoms with Gasteiger partial charge < -0.3 is 9.64 Å². The standard InChI is InChI=1S/C15H20N6O2/c1-2-23-13-7-3-6-12(16-13)9-14(22)21-8-4-5-11(10-21)15-17-19-20-18-15/h3,6-7,11H,2,4-5,8-10H2,1H3,(H,17,18,19,20). The summed E-state index contributed by atoms with van der Waals surface area (Å²) in [5.74, 6) is 1.45. The second kappa shape index (κ2) is 7.17. The van der Waals surface area contributed by atoms with Crippen molar-refractivity contribution in [1.29, 1.82) is 0 Å². The molecule has 3 rings (SSSR count). The molecule has 0 radical (unpaired) electrons. The van der Waals surface area contributed by atoms with Gasteiger partial charge in [-0.2, -0.15) is 5.21 Å². The molecule has 2 aromatic rings. The molecule has 1 aliphatic rings. The third-order valence-electron chi connectivity index (χ3n) is 3.91. The molecule has 23 heavy (non-hydrogen) atoms. The number of likely N-dealkylation sites (tertiary alicyclic amines) is 1. The maximum Gasteiger partial charge on any atom is 0.228 e. The molecule has 1 amide bonds. The van der Waals surface area contributed by atoms with E-state index in [0.717, 1.165) is 25.1 Å². The molecular weight excluding hydrogens is 296 g/mol. The molecule has 0 spiro atoms. The largest absolute Gasteiger partial charge is 0.478 e. The molecule has 122 valence electrons. The van der Waals surface area contributed by atoms with Crippen LogP contribution in [0.15, 0.2) is 18.2 Å². The number of tetrazole rings is 1. The van der Waals surface area contributed by atoms with Gasteiger partial charge in [-0.3, -0.25) is 4.79 Å². The van der Waals surface area contributed by atoms with Crippen molar-refractivity contribution in [3.63, 3.8) is 0 Å². The Morgan fingerprint density at radius 3 is 3.17 bits per heavy atom. The minimum atomic E-state index is 0.0688. The van der Waals surface area contributed by atoms with E-state index in [4.69, 9.17) is 4.74 Å². The number of piperidine rings is 1. The van der Waals surface area contributed by atoms with Crippen molar-refractivity contribution >= 4 is 5.91 Å². The summed E-state index contributed by atoms with van der Waals surface area (Å²) in [6, 6.07) is 5.50. The molecule has 3 heterocycles. The monoisotopic (exact) mass is 316 g/mol. The lowest BCUT2D eigenvalue weighted by Crippen LogP contribution is -2.40. The van der Waals surface area contributed by atoms with Crippen molar-refractivity contribution < 1.29 is 9.53 Å². The second-order valence-electron chi connectivity index (χ2n) is 5.53. The number of aromatic nitrogens is 5. The Hall–Kier alpha value is -2.51. The first-order valence-corrected chi connectivity index (χ1v) is 7.86. The molecule has 0 aromatic carbocycles. The van der Waals surface area contributed by atoms with E-state index < -0.39 is 0 Å². The van der Waals surface area contributed by atoms with E-state index in [1.54, 1.807) is 6.07 Å². The SMILES string of the molecule is CCOc1cccc(CC(=O)N2CCCC(c3nn[nH]n3)C2)n1. The number of ether oxygens (including phenoxy) is 1. The maximum atomic E-state index is 12.5. The van der Waals surface area contributed by atoms with Crippen LogP contribution in [-0.4, -0.2) is 56.1 Å². The van der Waals surface area contributed by atoms with Crippen LogP contribution in [0.25, 0.3) is 0 Å². The molecule has 1 saturated heterocycles. The Bertz CT molecular complexity index is 645. The first-order valence-electron chi connectivity index (χ1n) is 7.86. The topological polar surface area (TPSA) is 96.9 Å². The Balaban J connectivity index is 1.62. The van der Waals surface area contributed by atoms with E-state index in [1.807, 2.05) is 24.0 Å². The summed E-state index contributed by atoms with van der Waals surface area (Å²) >= 11 is 0. The molecule has 8 nitrogen and oxygen atoms in total. The number of hydrogen-bond donors (Lipinski definition) is 1. The summed E-state index contributed by atoms with van der Waals surface area (Å²) in [4.78, 5) is 18.8. The molecule has 1 unspecified atom stereocenters. The van der Waals surface area contributed by atoms with Gasteiger partial charge in [-0.15, -0.1) is 10.2 Å². The minimum absolute atomic E-state index is 0.0688. The predicted octanol–water partition coefficient (Wildman–Crippen LogP) is 0.942. The molecule has 1 aliphatic heterocycles. The van der Waals surface area contributed by atoms with Gasteiger partial charge in [0, 0.05) is 25.1 Å². The van der Waals surface area contributed by atoms with Crippen molar-refractivity contribution in [2.45, 2.75) is 32.1 Å². The second-order valence-corrected chi connectivity index (χ2v) is 5.53. The maximum absolute atomic E-state index is 12.5. The Kier molecular flexibility index (Phi) is 4.80. The Morgan fingerprint density at radius 2 is 2.39 bits per heavy atom. The number of nitrogens with one attached hydrogen (secondary N) is 1. The van der Waals surface area contributed by atoms with Crippen LogP contribution in [0, 0.1) is 0 Å². The van der Waals surface area contributed by atoms with Crippen molar-refractivity contribution in [3.8, 4) is 5.88 Å². The van der Waals surface area contributed by atoms with E-state index in [0.29, 0.717) is 24.9 Å². The fourth-order valence-corrected chi connectivity index (χ4v) is 2.81. The summed E-state index contributed by atoms with van der Waals surface area (Å²) in [7, 11) is 0. The van der Waals surface area contributed by atoms with Crippen LogP contribution >= 0.6 is 0 Å². The van der Waals surface area contributed by atoms with Gasteiger partial charge in [-0.25, -0.2) is 4.98 Å². The summed E-state index contributed by atoms with van der Waals surface area (Å²) < 4.78 is 5.38. The molecule has 0 saturated carbocycles. The molecular formula is C15H20N6O2. The van der Waals surface area contributed by atoms with E-state index in [-0.39, 0.29) is 18.2 Å². The van der Waals surface area contributed by atoms with Crippen LogP contribution in [0.1, 0.15) is 37.2 Å². The fraction of sp³-hybridized carbons (Fsp3) is 0.533. The van der Waals surface area contributed by atoms with E-state index >= 15 is 0 Å². The zero-order chi connectivity index (χ0) is 16.1. The Morgan fingerprint density at radius 1 is 1.48 bits per heavy atom. The van der Waals surface area contributed by atoms with Crippen LogP contribution < -0.4 is 4.74 Å². The molecule has 2 aromatic heterocycles. The number of nitrogens with zero attached hydrogens (tertiary/aromatic N) is 5. The average molecular weight is 316 g/mol. The number of carbonyl (C=O) groups excluding carboxylic acids is 1. The number of rotatable bonds is 5. The fourth-order valence-electron chi connectivity index (χ4n) is 2.81. The summed E-state index contributed by atoms with van der Waals surface area (Å²) in [6.45, 7) is 3.86. The quantitative estimate of drug-likeness (QED) is 0.882. The number of hydrogen-bond acceptors (Lipinski definition) is 6. The molecule has 8 heteroatoms. The van der Waals surface area contributed by atoms with Crippen LogP contribution in [0.4, 0.5) is 0 Å². The molecule has 1 fully saturated rings. The first kappa shape index (κ1) is 15.4. The van der Waals surface area contributed by atoms with Crippen LogP contribution in [0.3, 0.4) is 0 Å². The van der Waals surface area contributed by atoms with Crippen molar-refractivity contribution in [2.75, 3.05) is 19.7 Å². The number of pyridine rings is 1. The van der Waals surface area contributed by atoms with E-state index in [9.17, 15) is 4.79 Å². The normalized spacial score (nSPS) is 18.0. The molecule has 1 atom stereocenters. The van der Waals surface area contributed by atoms with Crippen LogP contribution in [0.5, 0.6) is 5.88 Å². The van der Waals surface area contributed by atoms with E-state index in [1.165, 1.54) is 0 Å². The first-order chi connectivity index (χ1) is 11.3. The Labute approximate surface area is 134 Å². The highest BCUT2D eigenvalue weighted by Gasteiger charge is 2.27. The van der Waals surface area contributed by atoms with Gasteiger partial charge in [0.15, 0.2) is 5.82 Å².